The van der Waals surface area contributed by atoms with Gasteiger partial charge in [0.2, 0.25) is 0 Å². The van der Waals surface area contributed by atoms with Gasteiger partial charge in [-0.15, -0.1) is 0 Å². The Bertz CT molecular complexity index is 695. The number of carbonyl (C=O) groups is 1. The molecule has 4 nitrogen and oxygen atoms in total. The van der Waals surface area contributed by atoms with Crippen LogP contribution >= 0.6 is 35.0 Å². The fourth-order valence-corrected chi connectivity index (χ4v) is 4.30. The molecule has 27 heavy (non-hydrogen) atoms. The molecule has 0 fully saturated rings. The molecule has 0 bridgehead atoms. The van der Waals surface area contributed by atoms with Gasteiger partial charge in [0, 0.05) is 29.0 Å². The fraction of sp³-hybridized carbons (Fsp3) is 0.500. The van der Waals surface area contributed by atoms with Crippen molar-refractivity contribution in [3.63, 3.8) is 0 Å². The van der Waals surface area contributed by atoms with Crippen LogP contribution < -0.4 is 0 Å². The van der Waals surface area contributed by atoms with E-state index in [1.54, 1.807) is 24.7 Å². The lowest BCUT2D eigenvalue weighted by molar-refractivity contribution is 0.172. The van der Waals surface area contributed by atoms with Crippen molar-refractivity contribution in [1.82, 2.24) is 9.55 Å². The third-order valence-corrected chi connectivity index (χ3v) is 5.76. The van der Waals surface area contributed by atoms with Gasteiger partial charge in [-0.3, -0.25) is 0 Å². The number of halogens is 2. The topological polar surface area (TPSA) is 44.1 Å². The van der Waals surface area contributed by atoms with Crippen LogP contribution in [-0.2, 0) is 11.3 Å². The van der Waals surface area contributed by atoms with Crippen molar-refractivity contribution in [3.8, 4) is 0 Å². The number of hydrogen-bond acceptors (Lipinski definition) is 4. The molecule has 0 amide bonds. The Labute approximate surface area is 175 Å². The first-order chi connectivity index (χ1) is 13.1. The molecule has 0 aliphatic heterocycles. The molecule has 1 atom stereocenters. The van der Waals surface area contributed by atoms with E-state index in [-0.39, 0.29) is 10.6 Å². The van der Waals surface area contributed by atoms with Crippen molar-refractivity contribution >= 4 is 40.3 Å². The average Bonchev–Trinajstić information content (AvgIpc) is 3.13. The summed E-state index contributed by atoms with van der Waals surface area (Å²) in [4.78, 5) is 16.4. The maximum absolute atomic E-state index is 12.3. The number of imidazole rings is 1. The van der Waals surface area contributed by atoms with Gasteiger partial charge in [-0.25, -0.2) is 9.78 Å². The van der Waals surface area contributed by atoms with E-state index in [2.05, 4.69) is 11.9 Å². The number of ether oxygens (including phenoxy) is 1. The predicted octanol–water partition coefficient (Wildman–Crippen LogP) is 7.16. The zero-order valence-electron chi connectivity index (χ0n) is 15.6. The molecule has 0 spiro atoms. The van der Waals surface area contributed by atoms with Crippen LogP contribution in [0.2, 0.25) is 10.0 Å². The number of unbranched alkanes of at least 4 members (excludes halogenated alkanes) is 5. The van der Waals surface area contributed by atoms with E-state index in [0.29, 0.717) is 23.2 Å². The number of hydrogen-bond donors (Lipinski definition) is 0. The summed E-state index contributed by atoms with van der Waals surface area (Å²) in [7, 11) is 0. The minimum Gasteiger partial charge on any atom is -0.458 e. The molecule has 0 radical (unpaired) electrons. The standard InChI is InChI=1S/C20H26Cl2N2O2S/c1-2-3-4-5-6-7-12-26-20(25)27-19(14-24-11-10-23-15-24)17-9-8-16(21)13-18(17)22/h8-11,13,15,19H,2-7,12,14H2,1H3. The van der Waals surface area contributed by atoms with Gasteiger partial charge in [0.05, 0.1) is 18.2 Å². The third-order valence-electron chi connectivity index (χ3n) is 4.20. The molecule has 2 rings (SSSR count). The first-order valence-corrected chi connectivity index (χ1v) is 11.0. The van der Waals surface area contributed by atoms with Crippen molar-refractivity contribution in [2.45, 2.75) is 57.2 Å². The Morgan fingerprint density at radius 2 is 2.00 bits per heavy atom. The number of aromatic nitrogens is 2. The van der Waals surface area contributed by atoms with Crippen LogP contribution in [0.4, 0.5) is 4.79 Å². The summed E-state index contributed by atoms with van der Waals surface area (Å²) >= 11 is 13.5. The van der Waals surface area contributed by atoms with E-state index in [9.17, 15) is 4.79 Å². The van der Waals surface area contributed by atoms with Gasteiger partial charge in [-0.2, -0.15) is 0 Å². The third kappa shape index (κ3) is 8.16. The molecule has 1 aromatic heterocycles. The lowest BCUT2D eigenvalue weighted by Gasteiger charge is -2.18. The highest BCUT2D eigenvalue weighted by Crippen LogP contribution is 2.37. The van der Waals surface area contributed by atoms with E-state index in [1.165, 1.54) is 25.7 Å². The van der Waals surface area contributed by atoms with Gasteiger partial charge in [0.25, 0.3) is 0 Å². The van der Waals surface area contributed by atoms with E-state index in [0.717, 1.165) is 30.2 Å². The monoisotopic (exact) mass is 428 g/mol. The zero-order valence-corrected chi connectivity index (χ0v) is 17.9. The molecular weight excluding hydrogens is 403 g/mol. The predicted molar refractivity (Wildman–Crippen MR) is 114 cm³/mol. The van der Waals surface area contributed by atoms with Crippen molar-refractivity contribution < 1.29 is 9.53 Å². The Morgan fingerprint density at radius 3 is 2.70 bits per heavy atom. The fourth-order valence-electron chi connectivity index (χ4n) is 2.74. The lowest BCUT2D eigenvalue weighted by Crippen LogP contribution is -2.10. The highest BCUT2D eigenvalue weighted by atomic mass is 35.5. The van der Waals surface area contributed by atoms with Crippen LogP contribution in [0.25, 0.3) is 0 Å². The van der Waals surface area contributed by atoms with Gasteiger partial charge >= 0.3 is 5.30 Å². The van der Waals surface area contributed by atoms with Gasteiger partial charge in [-0.1, -0.05) is 68.3 Å². The molecule has 0 aliphatic rings. The Balaban J connectivity index is 1.89. The minimum absolute atomic E-state index is 0.180. The SMILES string of the molecule is CCCCCCCCOC(=O)SC(Cn1ccnc1)c1ccc(Cl)cc1Cl. The molecule has 7 heteroatoms. The van der Waals surface area contributed by atoms with Crippen molar-refractivity contribution in [3.05, 3.63) is 52.5 Å². The second-order valence-corrected chi connectivity index (χ2v) is 8.38. The first kappa shape index (κ1) is 22.1. The molecule has 1 unspecified atom stereocenters. The Hall–Kier alpha value is -1.17. The number of rotatable bonds is 11. The molecule has 0 aliphatic carbocycles. The van der Waals surface area contributed by atoms with Gasteiger partial charge < -0.3 is 9.30 Å². The number of benzene rings is 1. The van der Waals surface area contributed by atoms with Crippen LogP contribution in [0.15, 0.2) is 36.9 Å². The van der Waals surface area contributed by atoms with Crippen molar-refractivity contribution in [2.24, 2.45) is 0 Å². The van der Waals surface area contributed by atoms with Crippen LogP contribution in [0, 0.1) is 0 Å². The van der Waals surface area contributed by atoms with E-state index >= 15 is 0 Å². The maximum atomic E-state index is 12.3. The summed E-state index contributed by atoms with van der Waals surface area (Å²) in [5, 5.41) is 0.658. The van der Waals surface area contributed by atoms with Crippen LogP contribution in [-0.4, -0.2) is 21.5 Å². The molecule has 0 saturated heterocycles. The average molecular weight is 429 g/mol. The molecular formula is C20H26Cl2N2O2S. The first-order valence-electron chi connectivity index (χ1n) is 9.34. The molecule has 0 N–H and O–H groups in total. The molecule has 1 aromatic carbocycles. The van der Waals surface area contributed by atoms with E-state index < -0.39 is 0 Å². The van der Waals surface area contributed by atoms with Gasteiger partial charge in [0.1, 0.15) is 0 Å². The second kappa shape index (κ2) is 12.3. The molecule has 2 aromatic rings. The Kier molecular flexibility index (Phi) is 10.1. The molecule has 0 saturated carbocycles. The summed E-state index contributed by atoms with van der Waals surface area (Å²) in [6.07, 6.45) is 12.2. The summed E-state index contributed by atoms with van der Waals surface area (Å²) in [6, 6.07) is 5.34. The largest absolute Gasteiger partial charge is 0.458 e. The number of carbonyl (C=O) groups excluding carboxylic acids is 1. The zero-order chi connectivity index (χ0) is 19.5. The lowest BCUT2D eigenvalue weighted by atomic mass is 10.1. The van der Waals surface area contributed by atoms with Crippen molar-refractivity contribution in [1.29, 1.82) is 0 Å². The minimum atomic E-state index is -0.278. The summed E-state index contributed by atoms with van der Waals surface area (Å²) in [5.41, 5.74) is 0.858. The van der Waals surface area contributed by atoms with Crippen LogP contribution in [0.5, 0.6) is 0 Å². The van der Waals surface area contributed by atoms with Crippen LogP contribution in [0.1, 0.15) is 56.3 Å². The normalized spacial score (nSPS) is 12.1. The summed E-state index contributed by atoms with van der Waals surface area (Å²) in [6.45, 7) is 3.23. The quantitative estimate of drug-likeness (QED) is 0.281. The highest BCUT2D eigenvalue weighted by molar-refractivity contribution is 8.13. The second-order valence-electron chi connectivity index (χ2n) is 6.40. The van der Waals surface area contributed by atoms with E-state index in [1.807, 2.05) is 16.8 Å². The molecule has 1 heterocycles. The number of thioether (sulfide) groups is 1. The summed E-state index contributed by atoms with van der Waals surface area (Å²) in [5.74, 6) is 0. The van der Waals surface area contributed by atoms with Gasteiger partial charge in [0.15, 0.2) is 0 Å². The van der Waals surface area contributed by atoms with E-state index in [4.69, 9.17) is 27.9 Å². The summed E-state index contributed by atoms with van der Waals surface area (Å²) < 4.78 is 7.33. The van der Waals surface area contributed by atoms with Crippen LogP contribution in [0.3, 0.4) is 0 Å². The highest BCUT2D eigenvalue weighted by Gasteiger charge is 2.21. The smallest absolute Gasteiger partial charge is 0.367 e. The number of nitrogens with zero attached hydrogens (tertiary/aromatic N) is 2. The Morgan fingerprint density at radius 1 is 1.22 bits per heavy atom. The van der Waals surface area contributed by atoms with Crippen molar-refractivity contribution in [2.75, 3.05) is 6.61 Å². The van der Waals surface area contributed by atoms with Gasteiger partial charge in [-0.05, 0) is 35.9 Å². The molecule has 148 valence electrons. The maximum Gasteiger partial charge on any atom is 0.367 e.